The van der Waals surface area contributed by atoms with E-state index in [9.17, 15) is 0 Å². The number of rotatable bonds is 5. The van der Waals surface area contributed by atoms with Gasteiger partial charge >= 0.3 is 0 Å². The van der Waals surface area contributed by atoms with Gasteiger partial charge in [-0.1, -0.05) is 24.6 Å². The Bertz CT molecular complexity index is 361. The van der Waals surface area contributed by atoms with E-state index >= 15 is 0 Å². The Morgan fingerprint density at radius 2 is 2.06 bits per heavy atom. The molecule has 1 rings (SSSR count). The molecule has 88 valence electrons. The molecule has 0 aliphatic heterocycles. The van der Waals surface area contributed by atoms with Gasteiger partial charge in [-0.25, -0.2) is 4.99 Å². The highest BCUT2D eigenvalue weighted by atomic mass is 32.2. The Kier molecular flexibility index (Phi) is 5.39. The van der Waals surface area contributed by atoms with E-state index in [2.05, 4.69) is 55.2 Å². The summed E-state index contributed by atoms with van der Waals surface area (Å²) >= 11 is 1.79. The highest BCUT2D eigenvalue weighted by Gasteiger charge is 1.97. The van der Waals surface area contributed by atoms with Gasteiger partial charge in [0.15, 0.2) is 0 Å². The highest BCUT2D eigenvalue weighted by molar-refractivity contribution is 7.97. The zero-order chi connectivity index (χ0) is 12.0. The van der Waals surface area contributed by atoms with Gasteiger partial charge in [0.25, 0.3) is 0 Å². The first-order valence-electron chi connectivity index (χ1n) is 5.68. The Morgan fingerprint density at radius 3 is 2.62 bits per heavy atom. The summed E-state index contributed by atoms with van der Waals surface area (Å²) in [7, 11) is 0. The van der Waals surface area contributed by atoms with Crippen molar-refractivity contribution in [3.05, 3.63) is 29.3 Å². The molecule has 0 radical (unpaired) electrons. The first-order valence-corrected chi connectivity index (χ1v) is 6.62. The van der Waals surface area contributed by atoms with Crippen molar-refractivity contribution >= 4 is 24.0 Å². The van der Waals surface area contributed by atoms with E-state index in [1.165, 1.54) is 11.1 Å². The third-order valence-electron chi connectivity index (χ3n) is 2.28. The Hall–Kier alpha value is -0.960. The molecule has 1 aromatic carbocycles. The van der Waals surface area contributed by atoms with Crippen LogP contribution in [0.4, 0.5) is 5.69 Å². The molecule has 0 bridgehead atoms. The quantitative estimate of drug-likeness (QED) is 0.437. The first-order chi connectivity index (χ1) is 7.67. The van der Waals surface area contributed by atoms with Gasteiger partial charge in [-0.3, -0.25) is 0 Å². The van der Waals surface area contributed by atoms with Gasteiger partial charge in [-0.05, 0) is 44.3 Å². The van der Waals surface area contributed by atoms with E-state index in [1.54, 1.807) is 11.9 Å². The smallest absolute Gasteiger partial charge is 0.101 e. The summed E-state index contributed by atoms with van der Waals surface area (Å²) in [6.07, 6.45) is 1.92. The largest absolute Gasteiger partial charge is 0.307 e. The van der Waals surface area contributed by atoms with Crippen LogP contribution in [0.25, 0.3) is 0 Å². The van der Waals surface area contributed by atoms with E-state index in [0.717, 1.165) is 18.0 Å². The second-order valence-electron chi connectivity index (χ2n) is 3.69. The topological polar surface area (TPSA) is 15.6 Å². The van der Waals surface area contributed by atoms with Crippen molar-refractivity contribution < 1.29 is 0 Å². The van der Waals surface area contributed by atoms with Crippen LogP contribution >= 0.6 is 11.9 Å². The van der Waals surface area contributed by atoms with E-state index in [-0.39, 0.29) is 0 Å². The molecule has 0 amide bonds. The monoisotopic (exact) mass is 236 g/mol. The van der Waals surface area contributed by atoms with Gasteiger partial charge in [0.05, 0.1) is 5.69 Å². The van der Waals surface area contributed by atoms with Crippen molar-refractivity contribution in [2.75, 3.05) is 12.3 Å². The summed E-state index contributed by atoms with van der Waals surface area (Å²) in [5, 5.41) is 0. The van der Waals surface area contributed by atoms with Crippen LogP contribution in [0, 0.1) is 13.8 Å². The molecule has 0 aliphatic rings. The fourth-order valence-corrected chi connectivity index (χ4v) is 2.08. The number of nitrogens with zero attached hydrogens (tertiary/aromatic N) is 2. The summed E-state index contributed by atoms with van der Waals surface area (Å²) in [5.41, 5.74) is 3.57. The minimum atomic E-state index is 0.979. The molecular weight excluding hydrogens is 216 g/mol. The van der Waals surface area contributed by atoms with Gasteiger partial charge < -0.3 is 4.31 Å². The summed E-state index contributed by atoms with van der Waals surface area (Å²) in [5.74, 6) is 1.08. The molecule has 3 heteroatoms. The lowest BCUT2D eigenvalue weighted by Gasteiger charge is -2.14. The zero-order valence-corrected chi connectivity index (χ0v) is 11.3. The van der Waals surface area contributed by atoms with Crippen LogP contribution in [-0.2, 0) is 0 Å². The maximum absolute atomic E-state index is 4.52. The van der Waals surface area contributed by atoms with Crippen LogP contribution in [0.1, 0.15) is 25.0 Å². The SMILES string of the molecule is CCSN(C=Nc1ccc(C)cc1C)CC. The lowest BCUT2D eigenvalue weighted by Crippen LogP contribution is -2.12. The maximum Gasteiger partial charge on any atom is 0.101 e. The van der Waals surface area contributed by atoms with Crippen LogP contribution in [0.5, 0.6) is 0 Å². The number of aliphatic imine (C=N–C) groups is 1. The fourth-order valence-electron chi connectivity index (χ4n) is 1.45. The lowest BCUT2D eigenvalue weighted by atomic mass is 10.1. The Balaban J connectivity index is 2.74. The average Bonchev–Trinajstić information content (AvgIpc) is 2.26. The van der Waals surface area contributed by atoms with Gasteiger partial charge in [0, 0.05) is 12.3 Å². The molecule has 0 aromatic heterocycles. The lowest BCUT2D eigenvalue weighted by molar-refractivity contribution is 0.734. The third-order valence-corrected chi connectivity index (χ3v) is 3.23. The Morgan fingerprint density at radius 1 is 1.31 bits per heavy atom. The maximum atomic E-state index is 4.52. The zero-order valence-electron chi connectivity index (χ0n) is 10.5. The van der Waals surface area contributed by atoms with Gasteiger partial charge in [0.2, 0.25) is 0 Å². The Labute approximate surface area is 103 Å². The predicted molar refractivity (Wildman–Crippen MR) is 74.6 cm³/mol. The molecular formula is C13H20N2S. The summed E-state index contributed by atoms with van der Waals surface area (Å²) < 4.78 is 2.15. The third kappa shape index (κ3) is 3.89. The second-order valence-corrected chi connectivity index (χ2v) is 4.99. The molecule has 0 unspecified atom stereocenters. The minimum absolute atomic E-state index is 0.979. The molecule has 0 saturated heterocycles. The van der Waals surface area contributed by atoms with Crippen molar-refractivity contribution in [1.29, 1.82) is 0 Å². The number of hydrogen-bond donors (Lipinski definition) is 0. The van der Waals surface area contributed by atoms with Crippen molar-refractivity contribution in [3.63, 3.8) is 0 Å². The minimum Gasteiger partial charge on any atom is -0.307 e. The van der Waals surface area contributed by atoms with Crippen molar-refractivity contribution in [1.82, 2.24) is 4.31 Å². The van der Waals surface area contributed by atoms with E-state index in [0.29, 0.717) is 0 Å². The predicted octanol–water partition coefficient (Wildman–Crippen LogP) is 3.95. The summed E-state index contributed by atoms with van der Waals surface area (Å²) in [4.78, 5) is 4.52. The van der Waals surface area contributed by atoms with Gasteiger partial charge in [-0.15, -0.1) is 0 Å². The van der Waals surface area contributed by atoms with Crippen molar-refractivity contribution in [2.24, 2.45) is 4.99 Å². The normalized spacial score (nSPS) is 11.0. The molecule has 2 nitrogen and oxygen atoms in total. The van der Waals surface area contributed by atoms with Crippen molar-refractivity contribution in [2.45, 2.75) is 27.7 Å². The standard InChI is InChI=1S/C13H20N2S/c1-5-15(16-6-2)10-14-13-8-7-11(3)9-12(13)4/h7-10H,5-6H2,1-4H3. The molecule has 0 heterocycles. The molecule has 1 aromatic rings. The van der Waals surface area contributed by atoms with Crippen LogP contribution in [-0.4, -0.2) is 22.9 Å². The van der Waals surface area contributed by atoms with E-state index in [1.807, 2.05) is 6.34 Å². The molecule has 16 heavy (non-hydrogen) atoms. The number of benzene rings is 1. The van der Waals surface area contributed by atoms with Crippen molar-refractivity contribution in [3.8, 4) is 0 Å². The molecule has 0 saturated carbocycles. The van der Waals surface area contributed by atoms with Gasteiger partial charge in [-0.2, -0.15) is 0 Å². The van der Waals surface area contributed by atoms with Crippen LogP contribution in [0.15, 0.2) is 23.2 Å². The van der Waals surface area contributed by atoms with E-state index in [4.69, 9.17) is 0 Å². The van der Waals surface area contributed by atoms with E-state index < -0.39 is 0 Å². The molecule has 0 fully saturated rings. The fraction of sp³-hybridized carbons (Fsp3) is 0.462. The van der Waals surface area contributed by atoms with Gasteiger partial charge in [0.1, 0.15) is 6.34 Å². The number of aryl methyl sites for hydroxylation is 2. The first kappa shape index (κ1) is 13.1. The molecule has 0 N–H and O–H groups in total. The van der Waals surface area contributed by atoms with Crippen LogP contribution in [0.3, 0.4) is 0 Å². The number of hydrogen-bond acceptors (Lipinski definition) is 2. The van der Waals surface area contributed by atoms with Crippen LogP contribution in [0.2, 0.25) is 0 Å². The van der Waals surface area contributed by atoms with Crippen LogP contribution < -0.4 is 0 Å². The molecule has 0 spiro atoms. The molecule has 0 atom stereocenters. The molecule has 0 aliphatic carbocycles. The summed E-state index contributed by atoms with van der Waals surface area (Å²) in [6, 6.07) is 6.34. The highest BCUT2D eigenvalue weighted by Crippen LogP contribution is 2.19. The average molecular weight is 236 g/mol. The second kappa shape index (κ2) is 6.59. The summed E-state index contributed by atoms with van der Waals surface area (Å²) in [6.45, 7) is 9.47.